The number of halogens is 3. The van der Waals surface area contributed by atoms with Crippen LogP contribution >= 0.6 is 0 Å². The van der Waals surface area contributed by atoms with E-state index in [1.807, 2.05) is 39.0 Å². The van der Waals surface area contributed by atoms with Gasteiger partial charge in [0.1, 0.15) is 10.6 Å². The molecule has 6 nitrogen and oxygen atoms in total. The Morgan fingerprint density at radius 3 is 2.34 bits per heavy atom. The second-order valence-electron chi connectivity index (χ2n) is 8.18. The van der Waals surface area contributed by atoms with Gasteiger partial charge in [-0.3, -0.25) is 0 Å². The van der Waals surface area contributed by atoms with Gasteiger partial charge in [-0.25, -0.2) is 4.79 Å². The lowest BCUT2D eigenvalue weighted by atomic mass is 10.2. The number of nitrogens with zero attached hydrogens (tertiary/aromatic N) is 1. The Hall–Kier alpha value is -3.53. The third-order valence-corrected chi connectivity index (χ3v) is 6.42. The lowest BCUT2D eigenvalue weighted by molar-refractivity contribution is -0.137. The van der Waals surface area contributed by atoms with E-state index in [0.29, 0.717) is 17.3 Å². The summed E-state index contributed by atoms with van der Waals surface area (Å²) in [6.45, 7) is 5.71. The molecule has 35 heavy (non-hydrogen) atoms. The number of nitrogens with one attached hydrogen (secondary N) is 1. The molecule has 0 aliphatic heterocycles. The third-order valence-electron chi connectivity index (χ3n) is 5.18. The van der Waals surface area contributed by atoms with Crippen LogP contribution in [-0.2, 0) is 22.8 Å². The average molecular weight is 507 g/mol. The van der Waals surface area contributed by atoms with Gasteiger partial charge in [-0.05, 0) is 68.3 Å². The monoisotopic (exact) mass is 506 g/mol. The highest BCUT2D eigenvalue weighted by molar-refractivity contribution is 7.87. The minimum absolute atomic E-state index is 0.0806. The molecule has 0 saturated heterocycles. The summed E-state index contributed by atoms with van der Waals surface area (Å²) in [6.07, 6.45) is -4.69. The smallest absolute Gasteiger partial charge is 0.379 e. The molecule has 10 heteroatoms. The number of benzene rings is 3. The van der Waals surface area contributed by atoms with E-state index >= 15 is 0 Å². The number of urea groups is 1. The van der Waals surface area contributed by atoms with E-state index in [-0.39, 0.29) is 24.4 Å². The van der Waals surface area contributed by atoms with E-state index in [2.05, 4.69) is 5.32 Å². The molecule has 3 rings (SSSR count). The third kappa shape index (κ3) is 6.75. The van der Waals surface area contributed by atoms with E-state index < -0.39 is 26.8 Å². The number of rotatable bonds is 7. The zero-order valence-corrected chi connectivity index (χ0v) is 20.2. The summed E-state index contributed by atoms with van der Waals surface area (Å²) in [4.78, 5) is 13.9. The molecule has 0 fully saturated rings. The van der Waals surface area contributed by atoms with Gasteiger partial charge in [-0.1, -0.05) is 36.4 Å². The standard InChI is InChI=1S/C25H25F3N2O4S/c1-17(2)30(24(31)29-23-13-5-4-8-18(23)3)16-19-9-6-11-21(14-19)34-35(32,33)22-12-7-10-20(15-22)25(26,27)28/h4-15,17H,16H2,1-3H3,(H,29,31). The molecular formula is C25H25F3N2O4S. The second-order valence-corrected chi connectivity index (χ2v) is 9.72. The number of anilines is 1. The molecule has 2 amide bonds. The zero-order chi connectivity index (χ0) is 25.8. The summed E-state index contributed by atoms with van der Waals surface area (Å²) in [5.41, 5.74) is 1.06. The molecule has 0 radical (unpaired) electrons. The molecule has 0 saturated carbocycles. The fraction of sp³-hybridized carbons (Fsp3) is 0.240. The predicted octanol–water partition coefficient (Wildman–Crippen LogP) is 6.22. The van der Waals surface area contributed by atoms with Crippen LogP contribution in [0.15, 0.2) is 77.7 Å². The van der Waals surface area contributed by atoms with Gasteiger partial charge in [0, 0.05) is 18.3 Å². The number of carbonyl (C=O) groups is 1. The van der Waals surface area contributed by atoms with Gasteiger partial charge in [-0.2, -0.15) is 21.6 Å². The van der Waals surface area contributed by atoms with Crippen LogP contribution in [0, 0.1) is 6.92 Å². The fourth-order valence-corrected chi connectivity index (χ4v) is 4.25. The van der Waals surface area contributed by atoms with E-state index in [1.54, 1.807) is 23.1 Å². The summed E-state index contributed by atoms with van der Waals surface area (Å²) in [5, 5.41) is 2.87. The van der Waals surface area contributed by atoms with Crippen molar-refractivity contribution < 1.29 is 30.6 Å². The van der Waals surface area contributed by atoms with Crippen molar-refractivity contribution in [3.8, 4) is 5.75 Å². The Labute approximate surface area is 202 Å². The van der Waals surface area contributed by atoms with Crippen molar-refractivity contribution in [1.29, 1.82) is 0 Å². The minimum atomic E-state index is -4.69. The van der Waals surface area contributed by atoms with Gasteiger partial charge in [-0.15, -0.1) is 0 Å². The van der Waals surface area contributed by atoms with Crippen molar-refractivity contribution >= 4 is 21.8 Å². The van der Waals surface area contributed by atoms with Crippen LogP contribution < -0.4 is 9.50 Å². The van der Waals surface area contributed by atoms with Crippen molar-refractivity contribution in [2.75, 3.05) is 5.32 Å². The first-order chi connectivity index (χ1) is 16.4. The highest BCUT2D eigenvalue weighted by Gasteiger charge is 2.32. The molecule has 0 heterocycles. The van der Waals surface area contributed by atoms with E-state index in [1.165, 1.54) is 12.1 Å². The second kappa shape index (κ2) is 10.4. The molecule has 186 valence electrons. The zero-order valence-electron chi connectivity index (χ0n) is 19.3. The summed E-state index contributed by atoms with van der Waals surface area (Å²) in [6, 6.07) is 16.2. The number of hydrogen-bond acceptors (Lipinski definition) is 4. The summed E-state index contributed by atoms with van der Waals surface area (Å²) >= 11 is 0. The Bertz CT molecular complexity index is 1310. The maximum absolute atomic E-state index is 13.0. The molecule has 0 bridgehead atoms. The van der Waals surface area contributed by atoms with E-state index in [0.717, 1.165) is 23.8 Å². The van der Waals surface area contributed by atoms with Crippen LogP contribution in [-0.4, -0.2) is 25.4 Å². The van der Waals surface area contributed by atoms with E-state index in [9.17, 15) is 26.4 Å². The number of alkyl halides is 3. The van der Waals surface area contributed by atoms with E-state index in [4.69, 9.17) is 4.18 Å². The predicted molar refractivity (Wildman–Crippen MR) is 127 cm³/mol. The van der Waals surface area contributed by atoms with Crippen LogP contribution in [0.2, 0.25) is 0 Å². The Balaban J connectivity index is 1.79. The van der Waals surface area contributed by atoms with Crippen LogP contribution in [0.3, 0.4) is 0 Å². The first-order valence-electron chi connectivity index (χ1n) is 10.7. The largest absolute Gasteiger partial charge is 0.416 e. The molecule has 0 atom stereocenters. The number of para-hydroxylation sites is 1. The number of aryl methyl sites for hydroxylation is 1. The molecule has 3 aromatic rings. The molecule has 1 N–H and O–H groups in total. The van der Waals surface area contributed by atoms with Gasteiger partial charge in [0.2, 0.25) is 0 Å². The van der Waals surface area contributed by atoms with Crippen LogP contribution in [0.5, 0.6) is 5.75 Å². The van der Waals surface area contributed by atoms with Crippen molar-refractivity contribution in [2.45, 2.75) is 44.4 Å². The highest BCUT2D eigenvalue weighted by atomic mass is 32.2. The quantitative estimate of drug-likeness (QED) is 0.386. The molecule has 0 unspecified atom stereocenters. The number of hydrogen-bond donors (Lipinski definition) is 1. The molecule has 0 aromatic heterocycles. The van der Waals surface area contributed by atoms with Crippen molar-refractivity contribution in [3.05, 3.63) is 89.5 Å². The SMILES string of the molecule is Cc1ccccc1NC(=O)N(Cc1cccc(OS(=O)(=O)c2cccc(C(F)(F)F)c2)c1)C(C)C. The Morgan fingerprint density at radius 2 is 1.69 bits per heavy atom. The first-order valence-corrected chi connectivity index (χ1v) is 12.1. The van der Waals surface area contributed by atoms with Gasteiger partial charge in [0.15, 0.2) is 0 Å². The normalized spacial score (nSPS) is 11.9. The van der Waals surface area contributed by atoms with Gasteiger partial charge < -0.3 is 14.4 Å². The lowest BCUT2D eigenvalue weighted by Gasteiger charge is -2.27. The van der Waals surface area contributed by atoms with Crippen LogP contribution in [0.4, 0.5) is 23.7 Å². The summed E-state index contributed by atoms with van der Waals surface area (Å²) in [7, 11) is -4.51. The van der Waals surface area contributed by atoms with Crippen molar-refractivity contribution in [1.82, 2.24) is 4.90 Å². The maximum atomic E-state index is 13.0. The Kier molecular flexibility index (Phi) is 7.74. The first kappa shape index (κ1) is 26.1. The molecule has 3 aromatic carbocycles. The lowest BCUT2D eigenvalue weighted by Crippen LogP contribution is -2.39. The summed E-state index contributed by atoms with van der Waals surface area (Å²) in [5.74, 6) is -0.0806. The average Bonchev–Trinajstić information content (AvgIpc) is 2.78. The fourth-order valence-electron chi connectivity index (χ4n) is 3.28. The minimum Gasteiger partial charge on any atom is -0.379 e. The van der Waals surface area contributed by atoms with Crippen molar-refractivity contribution in [3.63, 3.8) is 0 Å². The Morgan fingerprint density at radius 1 is 1.00 bits per heavy atom. The van der Waals surface area contributed by atoms with Gasteiger partial charge in [0.25, 0.3) is 0 Å². The summed E-state index contributed by atoms with van der Waals surface area (Å²) < 4.78 is 69.2. The maximum Gasteiger partial charge on any atom is 0.416 e. The molecular weight excluding hydrogens is 481 g/mol. The van der Waals surface area contributed by atoms with Crippen LogP contribution in [0.25, 0.3) is 0 Å². The van der Waals surface area contributed by atoms with Gasteiger partial charge in [0.05, 0.1) is 5.56 Å². The topological polar surface area (TPSA) is 75.7 Å². The molecule has 0 aliphatic rings. The highest BCUT2D eigenvalue weighted by Crippen LogP contribution is 2.31. The molecule has 0 aliphatic carbocycles. The number of carbonyl (C=O) groups excluding carboxylic acids is 1. The van der Waals surface area contributed by atoms with Crippen molar-refractivity contribution in [2.24, 2.45) is 0 Å². The molecule has 0 spiro atoms. The van der Waals surface area contributed by atoms with Gasteiger partial charge >= 0.3 is 22.3 Å². The van der Waals surface area contributed by atoms with Crippen LogP contribution in [0.1, 0.15) is 30.5 Å². The number of amides is 2.